The number of hydrogen-bond acceptors (Lipinski definition) is 2. The van der Waals surface area contributed by atoms with Crippen molar-refractivity contribution in [3.63, 3.8) is 0 Å². The summed E-state index contributed by atoms with van der Waals surface area (Å²) in [5.41, 5.74) is 1.05. The lowest BCUT2D eigenvalue weighted by molar-refractivity contribution is 0.0894. The van der Waals surface area contributed by atoms with E-state index in [1.54, 1.807) is 42.5 Å². The number of carbonyl (C=O) groups excluding carboxylic acids is 2. The Hall–Kier alpha value is -1.20. The Morgan fingerprint density at radius 1 is 1.00 bits per heavy atom. The molecule has 0 aliphatic rings. The van der Waals surface area contributed by atoms with Gasteiger partial charge in [-0.1, -0.05) is 41.9 Å². The zero-order chi connectivity index (χ0) is 13.8. The first kappa shape index (κ1) is 14.2. The average Bonchev–Trinajstić information content (AvgIpc) is 2.42. The van der Waals surface area contributed by atoms with E-state index in [1.807, 2.05) is 6.07 Å². The van der Waals surface area contributed by atoms with Crippen molar-refractivity contribution in [2.75, 3.05) is 0 Å². The highest BCUT2D eigenvalue weighted by Crippen LogP contribution is 2.20. The Balaban J connectivity index is 2.18. The Kier molecular flexibility index (Phi) is 4.71. The zero-order valence-electron chi connectivity index (χ0n) is 9.90. The molecule has 19 heavy (non-hydrogen) atoms. The maximum Gasteiger partial charge on any atom is 0.171 e. The quantitative estimate of drug-likeness (QED) is 0.445. The molecule has 0 spiro atoms. The van der Waals surface area contributed by atoms with Gasteiger partial charge >= 0.3 is 0 Å². The lowest BCUT2D eigenvalue weighted by Gasteiger charge is -2.04. The van der Waals surface area contributed by atoms with Gasteiger partial charge in [0.05, 0.1) is 6.42 Å². The van der Waals surface area contributed by atoms with Crippen LogP contribution in [-0.2, 0) is 0 Å². The fraction of sp³-hybridized carbons (Fsp3) is 0.0667. The van der Waals surface area contributed by atoms with E-state index in [0.717, 1.165) is 3.57 Å². The third-order valence-electron chi connectivity index (χ3n) is 2.65. The summed E-state index contributed by atoms with van der Waals surface area (Å²) >= 11 is 7.94. The molecular weight excluding hydrogens is 375 g/mol. The highest BCUT2D eigenvalue weighted by molar-refractivity contribution is 14.1. The van der Waals surface area contributed by atoms with Crippen molar-refractivity contribution < 1.29 is 9.59 Å². The van der Waals surface area contributed by atoms with Crippen LogP contribution >= 0.6 is 34.2 Å². The van der Waals surface area contributed by atoms with Crippen molar-refractivity contribution in [2.24, 2.45) is 0 Å². The standard InChI is InChI=1S/C15H10ClIO2/c16-11-6-7-13(17)12(8-11)15(19)9-14(18)10-4-2-1-3-5-10/h1-8H,9H2. The van der Waals surface area contributed by atoms with E-state index >= 15 is 0 Å². The smallest absolute Gasteiger partial charge is 0.171 e. The molecule has 0 aromatic heterocycles. The van der Waals surface area contributed by atoms with Crippen molar-refractivity contribution in [2.45, 2.75) is 6.42 Å². The molecule has 4 heteroatoms. The van der Waals surface area contributed by atoms with Gasteiger partial charge in [-0.2, -0.15) is 0 Å². The molecule has 0 amide bonds. The molecule has 96 valence electrons. The van der Waals surface area contributed by atoms with E-state index in [9.17, 15) is 9.59 Å². The van der Waals surface area contributed by atoms with Gasteiger partial charge in [0.1, 0.15) is 0 Å². The highest BCUT2D eigenvalue weighted by atomic mass is 127. The van der Waals surface area contributed by atoms with Crippen LogP contribution in [0.1, 0.15) is 27.1 Å². The zero-order valence-corrected chi connectivity index (χ0v) is 12.8. The first-order chi connectivity index (χ1) is 9.08. The third-order valence-corrected chi connectivity index (χ3v) is 3.82. The molecule has 2 nitrogen and oxygen atoms in total. The van der Waals surface area contributed by atoms with Crippen LogP contribution < -0.4 is 0 Å². The summed E-state index contributed by atoms with van der Waals surface area (Å²) in [6.45, 7) is 0. The minimum absolute atomic E-state index is 0.139. The molecule has 0 heterocycles. The summed E-state index contributed by atoms with van der Waals surface area (Å²) in [5.74, 6) is -0.387. The molecule has 2 rings (SSSR count). The first-order valence-corrected chi connectivity index (χ1v) is 7.10. The predicted octanol–water partition coefficient (Wildman–Crippen LogP) is 4.40. The van der Waals surface area contributed by atoms with E-state index in [-0.39, 0.29) is 18.0 Å². The van der Waals surface area contributed by atoms with Gasteiger partial charge in [-0.15, -0.1) is 0 Å². The van der Waals surface area contributed by atoms with Crippen molar-refractivity contribution in [3.8, 4) is 0 Å². The van der Waals surface area contributed by atoms with Crippen LogP contribution in [0.5, 0.6) is 0 Å². The summed E-state index contributed by atoms with van der Waals surface area (Å²) in [6, 6.07) is 13.9. The van der Waals surface area contributed by atoms with Crippen LogP contribution in [0.15, 0.2) is 48.5 Å². The summed E-state index contributed by atoms with van der Waals surface area (Å²) < 4.78 is 0.799. The molecule has 0 saturated carbocycles. The van der Waals surface area contributed by atoms with Crippen molar-refractivity contribution in [3.05, 3.63) is 68.3 Å². The molecule has 0 aliphatic heterocycles. The van der Waals surface area contributed by atoms with Gasteiger partial charge in [-0.3, -0.25) is 9.59 Å². The lowest BCUT2D eigenvalue weighted by Crippen LogP contribution is -2.09. The molecule has 2 aromatic rings. The summed E-state index contributed by atoms with van der Waals surface area (Å²) in [7, 11) is 0. The number of carbonyl (C=O) groups is 2. The minimum Gasteiger partial charge on any atom is -0.294 e. The molecule has 0 atom stereocenters. The summed E-state index contributed by atoms with van der Waals surface area (Å²) in [5, 5.41) is 0.496. The average molecular weight is 385 g/mol. The van der Waals surface area contributed by atoms with Gasteiger partial charge in [-0.25, -0.2) is 0 Å². The van der Waals surface area contributed by atoms with Crippen molar-refractivity contribution in [1.82, 2.24) is 0 Å². The molecule has 2 aromatic carbocycles. The number of benzene rings is 2. The molecule has 0 unspecified atom stereocenters. The second-order valence-electron chi connectivity index (χ2n) is 4.01. The van der Waals surface area contributed by atoms with E-state index in [1.165, 1.54) is 0 Å². The van der Waals surface area contributed by atoms with E-state index < -0.39 is 0 Å². The number of halogens is 2. The minimum atomic E-state index is -0.208. The van der Waals surface area contributed by atoms with Gasteiger partial charge < -0.3 is 0 Å². The maximum absolute atomic E-state index is 12.1. The Labute approximate surface area is 129 Å². The second-order valence-corrected chi connectivity index (χ2v) is 5.61. The molecular formula is C15H10ClIO2. The van der Waals surface area contributed by atoms with Crippen LogP contribution in [0.2, 0.25) is 5.02 Å². The summed E-state index contributed by atoms with van der Waals surface area (Å²) in [4.78, 5) is 24.1. The van der Waals surface area contributed by atoms with E-state index in [0.29, 0.717) is 16.1 Å². The molecule has 0 N–H and O–H groups in total. The van der Waals surface area contributed by atoms with E-state index in [2.05, 4.69) is 22.6 Å². The van der Waals surface area contributed by atoms with Gasteiger partial charge in [0.25, 0.3) is 0 Å². The van der Waals surface area contributed by atoms with Crippen LogP contribution in [0, 0.1) is 3.57 Å². The Morgan fingerprint density at radius 2 is 1.68 bits per heavy atom. The second kappa shape index (κ2) is 6.30. The number of hydrogen-bond donors (Lipinski definition) is 0. The van der Waals surface area contributed by atoms with Crippen molar-refractivity contribution >= 4 is 45.8 Å². The Morgan fingerprint density at radius 3 is 2.37 bits per heavy atom. The lowest BCUT2D eigenvalue weighted by atomic mass is 10.0. The molecule has 0 bridgehead atoms. The molecule has 0 saturated heterocycles. The van der Waals surface area contributed by atoms with Crippen LogP contribution in [-0.4, -0.2) is 11.6 Å². The fourth-order valence-electron chi connectivity index (χ4n) is 1.68. The van der Waals surface area contributed by atoms with Gasteiger partial charge in [0.2, 0.25) is 0 Å². The maximum atomic E-state index is 12.1. The SMILES string of the molecule is O=C(CC(=O)c1cc(Cl)ccc1I)c1ccccc1. The highest BCUT2D eigenvalue weighted by Gasteiger charge is 2.16. The predicted molar refractivity (Wildman–Crippen MR) is 83.9 cm³/mol. The van der Waals surface area contributed by atoms with Gasteiger partial charge in [-0.05, 0) is 40.8 Å². The molecule has 0 radical (unpaired) electrons. The number of rotatable bonds is 4. The van der Waals surface area contributed by atoms with Gasteiger partial charge in [0, 0.05) is 19.7 Å². The monoisotopic (exact) mass is 384 g/mol. The first-order valence-electron chi connectivity index (χ1n) is 5.64. The van der Waals surface area contributed by atoms with Crippen LogP contribution in [0.4, 0.5) is 0 Å². The topological polar surface area (TPSA) is 34.1 Å². The molecule has 0 fully saturated rings. The van der Waals surface area contributed by atoms with Crippen LogP contribution in [0.3, 0.4) is 0 Å². The molecule has 0 aliphatic carbocycles. The normalized spacial score (nSPS) is 10.2. The van der Waals surface area contributed by atoms with Crippen LogP contribution in [0.25, 0.3) is 0 Å². The third kappa shape index (κ3) is 3.64. The van der Waals surface area contributed by atoms with Gasteiger partial charge in [0.15, 0.2) is 11.6 Å². The number of Topliss-reactive ketones (excluding diaryl/α,β-unsaturated/α-hetero) is 2. The van der Waals surface area contributed by atoms with Crippen molar-refractivity contribution in [1.29, 1.82) is 0 Å². The summed E-state index contributed by atoms with van der Waals surface area (Å²) in [6.07, 6.45) is -0.139. The number of ketones is 2. The Bertz CT molecular complexity index is 623. The fourth-order valence-corrected chi connectivity index (χ4v) is 2.49. The largest absolute Gasteiger partial charge is 0.294 e. The van der Waals surface area contributed by atoms with E-state index in [4.69, 9.17) is 11.6 Å².